The van der Waals surface area contributed by atoms with Crippen LogP contribution in [0.15, 0.2) is 0 Å². The third-order valence-corrected chi connectivity index (χ3v) is 6.26. The molecule has 2 aliphatic heterocycles. The Bertz CT molecular complexity index is 430. The van der Waals surface area contributed by atoms with Crippen molar-refractivity contribution < 1.29 is 13.2 Å². The fourth-order valence-corrected chi connectivity index (χ4v) is 4.40. The Morgan fingerprint density at radius 2 is 2.10 bits per heavy atom. The number of carbonyl (C=O) groups excluding carboxylic acids is 1. The summed E-state index contributed by atoms with van der Waals surface area (Å²) in [6.07, 6.45) is 3.50. The van der Waals surface area contributed by atoms with E-state index in [2.05, 4.69) is 12.2 Å². The Morgan fingerprint density at radius 1 is 1.30 bits per heavy atom. The zero-order chi connectivity index (χ0) is 14.6. The molecular formula is C14H26N2O3S. The molecule has 2 fully saturated rings. The second kappa shape index (κ2) is 6.89. The highest BCUT2D eigenvalue weighted by molar-refractivity contribution is 7.91. The number of hydrogen-bond acceptors (Lipinski definition) is 4. The first-order valence-corrected chi connectivity index (χ1v) is 9.49. The molecule has 5 nitrogen and oxygen atoms in total. The van der Waals surface area contributed by atoms with Crippen molar-refractivity contribution in [3.63, 3.8) is 0 Å². The van der Waals surface area contributed by atoms with Crippen molar-refractivity contribution in [1.29, 1.82) is 0 Å². The number of nitrogens with one attached hydrogen (secondary N) is 1. The molecule has 2 atom stereocenters. The maximum absolute atomic E-state index is 12.3. The van der Waals surface area contributed by atoms with Crippen LogP contribution in [0.1, 0.15) is 32.6 Å². The molecule has 116 valence electrons. The maximum Gasteiger partial charge on any atom is 0.222 e. The van der Waals surface area contributed by atoms with E-state index in [1.54, 1.807) is 4.90 Å². The van der Waals surface area contributed by atoms with E-state index in [1.165, 1.54) is 12.8 Å². The third-order valence-electron chi connectivity index (χ3n) is 4.54. The van der Waals surface area contributed by atoms with E-state index in [0.29, 0.717) is 37.8 Å². The molecule has 0 aromatic heterocycles. The number of hydrogen-bond donors (Lipinski definition) is 1. The van der Waals surface area contributed by atoms with Crippen LogP contribution in [-0.2, 0) is 14.6 Å². The lowest BCUT2D eigenvalue weighted by Gasteiger charge is -2.29. The summed E-state index contributed by atoms with van der Waals surface area (Å²) >= 11 is 0. The molecule has 2 rings (SSSR count). The zero-order valence-corrected chi connectivity index (χ0v) is 13.1. The molecule has 1 amide bonds. The van der Waals surface area contributed by atoms with Crippen LogP contribution in [0.25, 0.3) is 0 Å². The van der Waals surface area contributed by atoms with Crippen molar-refractivity contribution in [1.82, 2.24) is 10.2 Å². The fourth-order valence-electron chi connectivity index (χ4n) is 3.12. The van der Waals surface area contributed by atoms with Gasteiger partial charge in [0.2, 0.25) is 5.91 Å². The van der Waals surface area contributed by atoms with E-state index in [0.717, 1.165) is 13.1 Å². The molecule has 6 heteroatoms. The first-order chi connectivity index (χ1) is 9.48. The minimum atomic E-state index is -2.94. The van der Waals surface area contributed by atoms with Gasteiger partial charge in [-0.3, -0.25) is 4.79 Å². The normalized spacial score (nSPS) is 28.6. The van der Waals surface area contributed by atoms with Gasteiger partial charge in [0.05, 0.1) is 11.5 Å². The quantitative estimate of drug-likeness (QED) is 0.832. The van der Waals surface area contributed by atoms with Crippen LogP contribution in [-0.4, -0.2) is 56.9 Å². The Hall–Kier alpha value is -0.620. The zero-order valence-electron chi connectivity index (χ0n) is 12.3. The first-order valence-electron chi connectivity index (χ1n) is 7.67. The van der Waals surface area contributed by atoms with Crippen LogP contribution < -0.4 is 5.32 Å². The minimum Gasteiger partial charge on any atom is -0.342 e. The van der Waals surface area contributed by atoms with Crippen molar-refractivity contribution in [2.45, 2.75) is 32.6 Å². The number of carbonyl (C=O) groups is 1. The van der Waals surface area contributed by atoms with Gasteiger partial charge in [0.25, 0.3) is 0 Å². The monoisotopic (exact) mass is 302 g/mol. The van der Waals surface area contributed by atoms with Crippen molar-refractivity contribution >= 4 is 15.7 Å². The summed E-state index contributed by atoms with van der Waals surface area (Å²) in [6, 6.07) is 0. The highest BCUT2D eigenvalue weighted by Gasteiger charge is 2.26. The predicted octanol–water partition coefficient (Wildman–Crippen LogP) is 0.659. The van der Waals surface area contributed by atoms with Gasteiger partial charge in [-0.15, -0.1) is 0 Å². The fraction of sp³-hybridized carbons (Fsp3) is 0.929. The largest absolute Gasteiger partial charge is 0.342 e. The summed E-state index contributed by atoms with van der Waals surface area (Å²) in [5.41, 5.74) is 0. The molecule has 2 heterocycles. The average molecular weight is 302 g/mol. The lowest BCUT2D eigenvalue weighted by molar-refractivity contribution is -0.132. The summed E-state index contributed by atoms with van der Waals surface area (Å²) in [6.45, 7) is 5.19. The van der Waals surface area contributed by atoms with E-state index < -0.39 is 9.84 Å². The summed E-state index contributed by atoms with van der Waals surface area (Å²) in [4.78, 5) is 14.1. The number of amides is 1. The number of sulfone groups is 1. The molecule has 1 N–H and O–H groups in total. The Kier molecular flexibility index (Phi) is 5.43. The van der Waals surface area contributed by atoms with E-state index in [4.69, 9.17) is 0 Å². The predicted molar refractivity (Wildman–Crippen MR) is 79.2 cm³/mol. The molecule has 0 aromatic rings. The summed E-state index contributed by atoms with van der Waals surface area (Å²) in [7, 11) is -2.94. The van der Waals surface area contributed by atoms with Crippen molar-refractivity contribution in [3.05, 3.63) is 0 Å². The summed E-state index contributed by atoms with van der Waals surface area (Å²) in [5.74, 6) is 1.41. The average Bonchev–Trinajstić information content (AvgIpc) is 2.60. The Labute approximate surface area is 122 Å². The van der Waals surface area contributed by atoms with Gasteiger partial charge in [0.15, 0.2) is 9.84 Å². The van der Waals surface area contributed by atoms with Crippen LogP contribution in [0.3, 0.4) is 0 Å². The van der Waals surface area contributed by atoms with Crippen molar-refractivity contribution in [3.8, 4) is 0 Å². The molecule has 0 aromatic carbocycles. The van der Waals surface area contributed by atoms with Crippen molar-refractivity contribution in [2.75, 3.05) is 37.7 Å². The van der Waals surface area contributed by atoms with E-state index in [9.17, 15) is 13.2 Å². The van der Waals surface area contributed by atoms with Crippen LogP contribution in [0.4, 0.5) is 0 Å². The SMILES string of the molecule is CC(CC(=O)N1CCCS(=O)(=O)CC1)C1CCCNC1. The molecule has 0 radical (unpaired) electrons. The van der Waals surface area contributed by atoms with Gasteiger partial charge in [0, 0.05) is 19.5 Å². The highest BCUT2D eigenvalue weighted by atomic mass is 32.2. The number of rotatable bonds is 3. The molecule has 0 aliphatic carbocycles. The Balaban J connectivity index is 1.84. The standard InChI is InChI=1S/C14H26N2O3S/c1-12(13-4-2-5-15-11-13)10-14(17)16-6-3-8-20(18,19)9-7-16/h12-13,15H,2-11H2,1H3. The number of piperidine rings is 1. The molecule has 2 saturated heterocycles. The topological polar surface area (TPSA) is 66.5 Å². The molecule has 2 unspecified atom stereocenters. The molecule has 0 bridgehead atoms. The van der Waals surface area contributed by atoms with Crippen molar-refractivity contribution in [2.24, 2.45) is 11.8 Å². The lowest BCUT2D eigenvalue weighted by Crippen LogP contribution is -2.38. The minimum absolute atomic E-state index is 0.123. The molecule has 20 heavy (non-hydrogen) atoms. The van der Waals surface area contributed by atoms with Crippen LogP contribution >= 0.6 is 0 Å². The molecular weight excluding hydrogens is 276 g/mol. The van der Waals surface area contributed by atoms with Crippen LogP contribution in [0.5, 0.6) is 0 Å². The van der Waals surface area contributed by atoms with Gasteiger partial charge >= 0.3 is 0 Å². The van der Waals surface area contributed by atoms with E-state index in [1.807, 2.05) is 0 Å². The second-order valence-electron chi connectivity index (χ2n) is 6.17. The molecule has 0 spiro atoms. The highest BCUT2D eigenvalue weighted by Crippen LogP contribution is 2.23. The Morgan fingerprint density at radius 3 is 2.80 bits per heavy atom. The molecule has 2 aliphatic rings. The van der Waals surface area contributed by atoms with E-state index in [-0.39, 0.29) is 17.4 Å². The lowest BCUT2D eigenvalue weighted by atomic mass is 9.85. The maximum atomic E-state index is 12.3. The van der Waals surface area contributed by atoms with Gasteiger partial charge in [-0.2, -0.15) is 0 Å². The van der Waals surface area contributed by atoms with Gasteiger partial charge in [-0.1, -0.05) is 6.92 Å². The van der Waals surface area contributed by atoms with Crippen LogP contribution in [0.2, 0.25) is 0 Å². The third kappa shape index (κ3) is 4.45. The van der Waals surface area contributed by atoms with Gasteiger partial charge in [-0.05, 0) is 44.2 Å². The summed E-state index contributed by atoms with van der Waals surface area (Å²) < 4.78 is 23.1. The van der Waals surface area contributed by atoms with Crippen LogP contribution in [0, 0.1) is 11.8 Å². The smallest absolute Gasteiger partial charge is 0.222 e. The second-order valence-corrected chi connectivity index (χ2v) is 8.48. The number of nitrogens with zero attached hydrogens (tertiary/aromatic N) is 1. The van der Waals surface area contributed by atoms with Gasteiger partial charge < -0.3 is 10.2 Å². The molecule has 0 saturated carbocycles. The van der Waals surface area contributed by atoms with Gasteiger partial charge in [-0.25, -0.2) is 8.42 Å². The first kappa shape index (κ1) is 15.8. The van der Waals surface area contributed by atoms with Gasteiger partial charge in [0.1, 0.15) is 0 Å². The summed E-state index contributed by atoms with van der Waals surface area (Å²) in [5, 5.41) is 3.39. The van der Waals surface area contributed by atoms with E-state index >= 15 is 0 Å².